The zero-order chi connectivity index (χ0) is 18.7. The number of carbonyl (C=O) groups excluding carboxylic acids is 1. The Kier molecular flexibility index (Phi) is 5.66. The number of halogens is 3. The van der Waals surface area contributed by atoms with E-state index in [9.17, 15) is 4.79 Å². The van der Waals surface area contributed by atoms with Crippen molar-refractivity contribution in [3.8, 4) is 5.75 Å². The van der Waals surface area contributed by atoms with Crippen LogP contribution in [0.3, 0.4) is 0 Å². The Labute approximate surface area is 164 Å². The third kappa shape index (κ3) is 4.09. The smallest absolute Gasteiger partial charge is 0.279 e. The number of anilines is 1. The number of nitrogens with one attached hydrogen (secondary N) is 1. The van der Waals surface area contributed by atoms with E-state index in [1.54, 1.807) is 31.2 Å². The zero-order valence-corrected chi connectivity index (χ0v) is 15.7. The number of rotatable bonds is 5. The molecule has 2 heterocycles. The molecule has 0 aliphatic rings. The van der Waals surface area contributed by atoms with Crippen molar-refractivity contribution < 1.29 is 14.1 Å². The van der Waals surface area contributed by atoms with Gasteiger partial charge in [-0.1, -0.05) is 52.1 Å². The minimum atomic E-state index is -0.531. The van der Waals surface area contributed by atoms with Gasteiger partial charge in [0.05, 0.1) is 20.6 Å². The zero-order valence-electron chi connectivity index (χ0n) is 13.4. The first kappa shape index (κ1) is 18.5. The summed E-state index contributed by atoms with van der Waals surface area (Å²) in [5.74, 6) is 0.580. The summed E-state index contributed by atoms with van der Waals surface area (Å²) in [5, 5.41) is 7.40. The quantitative estimate of drug-likeness (QED) is 0.625. The topological polar surface area (TPSA) is 77.3 Å². The van der Waals surface area contributed by atoms with Crippen LogP contribution in [0.15, 0.2) is 41.1 Å². The maximum absolute atomic E-state index is 12.5. The highest BCUT2D eigenvalue weighted by molar-refractivity contribution is 6.36. The molecule has 1 N–H and O–H groups in total. The first-order chi connectivity index (χ1) is 12.5. The van der Waals surface area contributed by atoms with Crippen molar-refractivity contribution >= 4 is 46.5 Å². The lowest BCUT2D eigenvalue weighted by atomic mass is 10.2. The maximum Gasteiger partial charge on any atom is 0.279 e. The van der Waals surface area contributed by atoms with Crippen molar-refractivity contribution in [2.24, 2.45) is 0 Å². The molecule has 1 aromatic carbocycles. The molecule has 1 amide bonds. The van der Waals surface area contributed by atoms with Gasteiger partial charge in [0.25, 0.3) is 5.91 Å². The van der Waals surface area contributed by atoms with Gasteiger partial charge in [-0.2, -0.15) is 0 Å². The van der Waals surface area contributed by atoms with Gasteiger partial charge in [0.15, 0.2) is 11.5 Å². The van der Waals surface area contributed by atoms with Crippen LogP contribution < -0.4 is 10.1 Å². The van der Waals surface area contributed by atoms with Crippen LogP contribution in [0.4, 0.5) is 5.82 Å². The largest absolute Gasteiger partial charge is 0.487 e. The summed E-state index contributed by atoms with van der Waals surface area (Å²) in [6, 6.07) is 8.49. The number of para-hydroxylation sites is 1. The Morgan fingerprint density at radius 2 is 2.00 bits per heavy atom. The Morgan fingerprint density at radius 3 is 2.73 bits per heavy atom. The van der Waals surface area contributed by atoms with Crippen molar-refractivity contribution in [3.63, 3.8) is 0 Å². The number of hydrogen-bond donors (Lipinski definition) is 1. The van der Waals surface area contributed by atoms with Crippen LogP contribution in [0.5, 0.6) is 5.75 Å². The molecule has 3 aromatic rings. The number of benzene rings is 1. The van der Waals surface area contributed by atoms with Gasteiger partial charge in [0.1, 0.15) is 18.1 Å². The van der Waals surface area contributed by atoms with E-state index in [0.29, 0.717) is 27.1 Å². The molecule has 0 fully saturated rings. The minimum absolute atomic E-state index is 0.0591. The number of hydrogen-bond acceptors (Lipinski definition) is 5. The molecule has 9 heteroatoms. The highest BCUT2D eigenvalue weighted by Crippen LogP contribution is 2.26. The molecule has 0 aliphatic heterocycles. The molecule has 0 aliphatic carbocycles. The average molecular weight is 413 g/mol. The normalized spacial score (nSPS) is 10.6. The van der Waals surface area contributed by atoms with E-state index >= 15 is 0 Å². The number of pyridine rings is 1. The van der Waals surface area contributed by atoms with Crippen LogP contribution in [0.2, 0.25) is 15.1 Å². The number of aromatic nitrogens is 2. The van der Waals surface area contributed by atoms with E-state index in [1.165, 1.54) is 12.3 Å². The molecule has 0 spiro atoms. The molecular weight excluding hydrogens is 401 g/mol. The summed E-state index contributed by atoms with van der Waals surface area (Å²) in [6.45, 7) is 1.74. The maximum atomic E-state index is 12.5. The summed E-state index contributed by atoms with van der Waals surface area (Å²) in [7, 11) is 0. The fourth-order valence-corrected chi connectivity index (χ4v) is 2.74. The predicted octanol–water partition coefficient (Wildman–Crippen LogP) is 5.17. The highest BCUT2D eigenvalue weighted by Gasteiger charge is 2.22. The van der Waals surface area contributed by atoms with Crippen LogP contribution in [-0.4, -0.2) is 16.0 Å². The van der Waals surface area contributed by atoms with Gasteiger partial charge in [0.2, 0.25) is 0 Å². The van der Waals surface area contributed by atoms with Crippen LogP contribution in [0.1, 0.15) is 21.8 Å². The Balaban J connectivity index is 1.78. The Morgan fingerprint density at radius 1 is 1.23 bits per heavy atom. The standard InChI is InChI=1S/C17H12Cl3N3O3/c1-9-11(8-25-14-5-3-2-4-12(14)19)15(23-26-9)17(24)22-16-13(20)6-10(18)7-21-16/h2-7H,8H2,1H3,(H,21,22,24). The molecule has 0 saturated carbocycles. The summed E-state index contributed by atoms with van der Waals surface area (Å²) in [6.07, 6.45) is 1.37. The number of amides is 1. The Hall–Kier alpha value is -2.28. The van der Waals surface area contributed by atoms with E-state index in [1.807, 2.05) is 0 Å². The number of carbonyl (C=O) groups is 1. The number of aryl methyl sites for hydroxylation is 1. The molecule has 6 nitrogen and oxygen atoms in total. The van der Waals surface area contributed by atoms with Gasteiger partial charge in [0, 0.05) is 6.20 Å². The third-order valence-electron chi connectivity index (χ3n) is 3.45. The molecule has 26 heavy (non-hydrogen) atoms. The van der Waals surface area contributed by atoms with Crippen LogP contribution in [0, 0.1) is 6.92 Å². The number of ether oxygens (including phenoxy) is 1. The Bertz CT molecular complexity index is 959. The molecule has 0 saturated heterocycles. The second-order valence-electron chi connectivity index (χ2n) is 5.22. The van der Waals surface area contributed by atoms with Crippen molar-refractivity contribution in [2.45, 2.75) is 13.5 Å². The first-order valence-corrected chi connectivity index (χ1v) is 8.54. The minimum Gasteiger partial charge on any atom is -0.487 e. The summed E-state index contributed by atoms with van der Waals surface area (Å²) in [5.41, 5.74) is 0.565. The molecule has 2 aromatic heterocycles. The van der Waals surface area contributed by atoms with E-state index in [-0.39, 0.29) is 23.1 Å². The van der Waals surface area contributed by atoms with E-state index < -0.39 is 5.91 Å². The lowest BCUT2D eigenvalue weighted by Crippen LogP contribution is -2.16. The lowest BCUT2D eigenvalue weighted by Gasteiger charge is -2.09. The van der Waals surface area contributed by atoms with Crippen molar-refractivity contribution in [3.05, 3.63) is 68.6 Å². The van der Waals surface area contributed by atoms with Gasteiger partial charge in [-0.3, -0.25) is 4.79 Å². The van der Waals surface area contributed by atoms with Crippen LogP contribution in [0.25, 0.3) is 0 Å². The fourth-order valence-electron chi connectivity index (χ4n) is 2.12. The molecule has 0 bridgehead atoms. The van der Waals surface area contributed by atoms with Crippen LogP contribution in [-0.2, 0) is 6.61 Å². The third-order valence-corrected chi connectivity index (χ3v) is 4.26. The second kappa shape index (κ2) is 7.95. The van der Waals surface area contributed by atoms with Crippen molar-refractivity contribution in [1.29, 1.82) is 0 Å². The molecule has 3 rings (SSSR count). The van der Waals surface area contributed by atoms with E-state index in [4.69, 9.17) is 44.1 Å². The van der Waals surface area contributed by atoms with E-state index in [2.05, 4.69) is 15.5 Å². The molecule has 0 atom stereocenters. The monoisotopic (exact) mass is 411 g/mol. The number of nitrogens with zero attached hydrogens (tertiary/aromatic N) is 2. The molecular formula is C17H12Cl3N3O3. The second-order valence-corrected chi connectivity index (χ2v) is 6.47. The van der Waals surface area contributed by atoms with Crippen LogP contribution >= 0.6 is 34.8 Å². The molecule has 134 valence electrons. The van der Waals surface area contributed by atoms with Gasteiger partial charge in [-0.25, -0.2) is 4.98 Å². The van der Waals surface area contributed by atoms with Crippen molar-refractivity contribution in [2.75, 3.05) is 5.32 Å². The summed E-state index contributed by atoms with van der Waals surface area (Å²) in [4.78, 5) is 16.5. The SMILES string of the molecule is Cc1onc(C(=O)Nc2ncc(Cl)cc2Cl)c1COc1ccccc1Cl. The summed E-state index contributed by atoms with van der Waals surface area (Å²) >= 11 is 17.9. The highest BCUT2D eigenvalue weighted by atomic mass is 35.5. The van der Waals surface area contributed by atoms with Gasteiger partial charge in [-0.15, -0.1) is 0 Å². The average Bonchev–Trinajstić information content (AvgIpc) is 2.97. The van der Waals surface area contributed by atoms with Gasteiger partial charge < -0.3 is 14.6 Å². The van der Waals surface area contributed by atoms with Crippen molar-refractivity contribution in [1.82, 2.24) is 10.1 Å². The fraction of sp³-hybridized carbons (Fsp3) is 0.118. The van der Waals surface area contributed by atoms with Gasteiger partial charge in [-0.05, 0) is 25.1 Å². The van der Waals surface area contributed by atoms with E-state index in [0.717, 1.165) is 0 Å². The molecule has 0 radical (unpaired) electrons. The molecule has 0 unspecified atom stereocenters. The first-order valence-electron chi connectivity index (χ1n) is 7.40. The summed E-state index contributed by atoms with van der Waals surface area (Å²) < 4.78 is 10.8. The van der Waals surface area contributed by atoms with Gasteiger partial charge >= 0.3 is 0 Å². The predicted molar refractivity (Wildman–Crippen MR) is 99.2 cm³/mol. The lowest BCUT2D eigenvalue weighted by molar-refractivity contribution is 0.101.